The lowest BCUT2D eigenvalue weighted by atomic mass is 10.2. The molecule has 0 aliphatic heterocycles. The number of rotatable bonds is 2. The quantitative estimate of drug-likeness (QED) is 0.421. The maximum absolute atomic E-state index is 7.03. The molecule has 0 amide bonds. The van der Waals surface area contributed by atoms with Gasteiger partial charge in [0.05, 0.1) is 6.54 Å². The van der Waals surface area contributed by atoms with Gasteiger partial charge in [-0.2, -0.15) is 0 Å². The number of aromatic nitrogens is 1. The van der Waals surface area contributed by atoms with Crippen LogP contribution in [0.4, 0.5) is 0 Å². The molecule has 1 aromatic carbocycles. The third kappa shape index (κ3) is 1.69. The molecule has 4 heteroatoms. The highest BCUT2D eigenvalue weighted by molar-refractivity contribution is 5.80. The predicted octanol–water partition coefficient (Wildman–Crippen LogP) is 1.15. The molecule has 2 aromatic rings. The monoisotopic (exact) mass is 188 g/mol. The number of aromatic amines is 1. The van der Waals surface area contributed by atoms with Crippen molar-refractivity contribution >= 4 is 16.9 Å². The molecule has 0 spiro atoms. The number of hydrogen-bond donors (Lipinski definition) is 4. The third-order valence-electron chi connectivity index (χ3n) is 2.06. The summed E-state index contributed by atoms with van der Waals surface area (Å²) in [6.07, 6.45) is 0. The van der Waals surface area contributed by atoms with E-state index in [1.54, 1.807) is 0 Å². The first-order chi connectivity index (χ1) is 6.75. The molecule has 0 saturated carbocycles. The largest absolute Gasteiger partial charge is 0.370 e. The molecule has 2 rings (SSSR count). The van der Waals surface area contributed by atoms with E-state index in [4.69, 9.17) is 11.1 Å². The zero-order chi connectivity index (χ0) is 9.97. The van der Waals surface area contributed by atoms with Crippen LogP contribution in [0.2, 0.25) is 0 Å². The molecule has 14 heavy (non-hydrogen) atoms. The molecule has 1 heterocycles. The summed E-state index contributed by atoms with van der Waals surface area (Å²) in [5, 5.41) is 11.0. The standard InChI is InChI=1S/C10H12N4/c11-10(12)13-6-8-5-7-3-1-2-4-9(7)14-8/h1-5,14H,6H2,(H4,11,12,13). The van der Waals surface area contributed by atoms with E-state index < -0.39 is 0 Å². The minimum Gasteiger partial charge on any atom is -0.370 e. The number of nitrogens with two attached hydrogens (primary N) is 1. The van der Waals surface area contributed by atoms with Gasteiger partial charge in [-0.15, -0.1) is 0 Å². The second kappa shape index (κ2) is 3.41. The van der Waals surface area contributed by atoms with Crippen molar-refractivity contribution < 1.29 is 0 Å². The lowest BCUT2D eigenvalue weighted by Crippen LogP contribution is -2.29. The van der Waals surface area contributed by atoms with Crippen LogP contribution in [-0.2, 0) is 6.54 Å². The van der Waals surface area contributed by atoms with Gasteiger partial charge >= 0.3 is 0 Å². The number of benzene rings is 1. The highest BCUT2D eigenvalue weighted by Gasteiger charge is 1.98. The Morgan fingerprint density at radius 3 is 2.93 bits per heavy atom. The Balaban J connectivity index is 2.22. The number of guanidine groups is 1. The van der Waals surface area contributed by atoms with Gasteiger partial charge in [0.2, 0.25) is 0 Å². The van der Waals surface area contributed by atoms with Crippen LogP contribution >= 0.6 is 0 Å². The Bertz CT molecular complexity index is 425. The first-order valence-corrected chi connectivity index (χ1v) is 4.40. The van der Waals surface area contributed by atoms with Crippen molar-refractivity contribution in [3.8, 4) is 0 Å². The Hall–Kier alpha value is -1.97. The minimum absolute atomic E-state index is 0.0105. The van der Waals surface area contributed by atoms with Gasteiger partial charge in [0, 0.05) is 11.2 Å². The first kappa shape index (κ1) is 8.62. The second-order valence-corrected chi connectivity index (χ2v) is 3.15. The smallest absolute Gasteiger partial charge is 0.186 e. The number of para-hydroxylation sites is 1. The molecular formula is C10H12N4. The Morgan fingerprint density at radius 2 is 2.21 bits per heavy atom. The van der Waals surface area contributed by atoms with Gasteiger partial charge in [0.1, 0.15) is 0 Å². The summed E-state index contributed by atoms with van der Waals surface area (Å²) in [5.74, 6) is -0.0105. The van der Waals surface area contributed by atoms with Crippen LogP contribution in [0.3, 0.4) is 0 Å². The van der Waals surface area contributed by atoms with Crippen molar-refractivity contribution in [2.24, 2.45) is 5.73 Å². The van der Waals surface area contributed by atoms with Gasteiger partial charge < -0.3 is 16.0 Å². The number of hydrogen-bond acceptors (Lipinski definition) is 1. The highest BCUT2D eigenvalue weighted by Crippen LogP contribution is 2.13. The van der Waals surface area contributed by atoms with E-state index >= 15 is 0 Å². The van der Waals surface area contributed by atoms with Gasteiger partial charge in [-0.05, 0) is 17.5 Å². The number of fused-ring (bicyclic) bond motifs is 1. The Labute approximate surface area is 81.6 Å². The van der Waals surface area contributed by atoms with Gasteiger partial charge in [-0.3, -0.25) is 5.41 Å². The summed E-state index contributed by atoms with van der Waals surface area (Å²) in [6.45, 7) is 0.560. The van der Waals surface area contributed by atoms with Crippen LogP contribution < -0.4 is 11.1 Å². The molecule has 0 radical (unpaired) electrons. The van der Waals surface area contributed by atoms with Crippen LogP contribution in [-0.4, -0.2) is 10.9 Å². The topological polar surface area (TPSA) is 77.7 Å². The predicted molar refractivity (Wildman–Crippen MR) is 57.1 cm³/mol. The molecule has 0 bridgehead atoms. The van der Waals surface area contributed by atoms with Crippen LogP contribution in [0.15, 0.2) is 30.3 Å². The molecule has 0 aliphatic carbocycles. The van der Waals surface area contributed by atoms with Crippen molar-refractivity contribution in [1.29, 1.82) is 5.41 Å². The molecule has 0 unspecified atom stereocenters. The summed E-state index contributed by atoms with van der Waals surface area (Å²) in [6, 6.07) is 10.1. The van der Waals surface area contributed by atoms with Gasteiger partial charge in [-0.1, -0.05) is 18.2 Å². The maximum Gasteiger partial charge on any atom is 0.186 e. The molecule has 0 fully saturated rings. The van der Waals surface area contributed by atoms with E-state index in [0.29, 0.717) is 6.54 Å². The second-order valence-electron chi connectivity index (χ2n) is 3.15. The fourth-order valence-corrected chi connectivity index (χ4v) is 1.42. The average Bonchev–Trinajstić information content (AvgIpc) is 2.57. The van der Waals surface area contributed by atoms with Crippen molar-refractivity contribution in [2.45, 2.75) is 6.54 Å². The van der Waals surface area contributed by atoms with E-state index in [0.717, 1.165) is 11.2 Å². The number of H-pyrrole nitrogens is 1. The summed E-state index contributed by atoms with van der Waals surface area (Å²) >= 11 is 0. The summed E-state index contributed by atoms with van der Waals surface area (Å²) in [7, 11) is 0. The van der Waals surface area contributed by atoms with Crippen LogP contribution in [0.1, 0.15) is 5.69 Å². The molecular weight excluding hydrogens is 176 g/mol. The zero-order valence-corrected chi connectivity index (χ0v) is 7.67. The van der Waals surface area contributed by atoms with Gasteiger partial charge in [0.25, 0.3) is 0 Å². The SMILES string of the molecule is N=C(N)NCc1cc2ccccc2[nH]1. The van der Waals surface area contributed by atoms with Crippen molar-refractivity contribution in [1.82, 2.24) is 10.3 Å². The van der Waals surface area contributed by atoms with E-state index in [2.05, 4.69) is 10.3 Å². The number of nitrogens with one attached hydrogen (secondary N) is 3. The van der Waals surface area contributed by atoms with Crippen molar-refractivity contribution in [2.75, 3.05) is 0 Å². The Kier molecular flexibility index (Phi) is 2.10. The minimum atomic E-state index is -0.0105. The first-order valence-electron chi connectivity index (χ1n) is 4.40. The highest BCUT2D eigenvalue weighted by atomic mass is 15.0. The molecule has 1 aromatic heterocycles. The lowest BCUT2D eigenvalue weighted by Gasteiger charge is -1.99. The lowest BCUT2D eigenvalue weighted by molar-refractivity contribution is 0.872. The fraction of sp³-hybridized carbons (Fsp3) is 0.100. The van der Waals surface area contributed by atoms with Crippen LogP contribution in [0, 0.1) is 5.41 Å². The van der Waals surface area contributed by atoms with Crippen LogP contribution in [0.25, 0.3) is 10.9 Å². The molecule has 0 atom stereocenters. The summed E-state index contributed by atoms with van der Waals surface area (Å²) in [4.78, 5) is 3.24. The molecule has 72 valence electrons. The van der Waals surface area contributed by atoms with E-state index in [-0.39, 0.29) is 5.96 Å². The van der Waals surface area contributed by atoms with Crippen LogP contribution in [0.5, 0.6) is 0 Å². The van der Waals surface area contributed by atoms with Crippen molar-refractivity contribution in [3.05, 3.63) is 36.0 Å². The Morgan fingerprint density at radius 1 is 1.43 bits per heavy atom. The van der Waals surface area contributed by atoms with Gasteiger partial charge in [-0.25, -0.2) is 0 Å². The average molecular weight is 188 g/mol. The van der Waals surface area contributed by atoms with Crippen molar-refractivity contribution in [3.63, 3.8) is 0 Å². The zero-order valence-electron chi connectivity index (χ0n) is 7.67. The third-order valence-corrected chi connectivity index (χ3v) is 2.06. The molecule has 0 saturated heterocycles. The summed E-state index contributed by atoms with van der Waals surface area (Å²) in [5.41, 5.74) is 7.33. The maximum atomic E-state index is 7.03. The normalized spacial score (nSPS) is 10.3. The molecule has 0 aliphatic rings. The van der Waals surface area contributed by atoms with Gasteiger partial charge in [0.15, 0.2) is 5.96 Å². The van der Waals surface area contributed by atoms with E-state index in [1.165, 1.54) is 5.39 Å². The molecule has 4 nitrogen and oxygen atoms in total. The fourth-order valence-electron chi connectivity index (χ4n) is 1.42. The van der Waals surface area contributed by atoms with E-state index in [9.17, 15) is 0 Å². The molecule has 5 N–H and O–H groups in total. The summed E-state index contributed by atoms with van der Waals surface area (Å²) < 4.78 is 0. The van der Waals surface area contributed by atoms with E-state index in [1.807, 2.05) is 30.3 Å².